The van der Waals surface area contributed by atoms with Gasteiger partial charge >= 0.3 is 0 Å². The topological polar surface area (TPSA) is 38.3 Å². The van der Waals surface area contributed by atoms with E-state index in [-0.39, 0.29) is 5.69 Å². The van der Waals surface area contributed by atoms with Crippen molar-refractivity contribution in [3.63, 3.8) is 0 Å². The molecule has 1 N–H and O–H groups in total. The van der Waals surface area contributed by atoms with Gasteiger partial charge in [-0.15, -0.1) is 0 Å². The molecule has 0 aromatic heterocycles. The van der Waals surface area contributed by atoms with Crippen molar-refractivity contribution in [1.29, 1.82) is 0 Å². The van der Waals surface area contributed by atoms with Gasteiger partial charge in [-0.2, -0.15) is 0 Å². The summed E-state index contributed by atoms with van der Waals surface area (Å²) in [6, 6.07) is 10.0. The zero-order valence-electron chi connectivity index (χ0n) is 13.0. The Hall–Kier alpha value is -2.59. The van der Waals surface area contributed by atoms with Crippen LogP contribution in [-0.2, 0) is 4.79 Å². The first-order valence-electron chi connectivity index (χ1n) is 7.39. The van der Waals surface area contributed by atoms with E-state index in [1.807, 2.05) is 12.1 Å². The Balaban J connectivity index is 1.70. The summed E-state index contributed by atoms with van der Waals surface area (Å²) < 4.78 is 19.3. The van der Waals surface area contributed by atoms with Gasteiger partial charge in [-0.25, -0.2) is 4.39 Å². The van der Waals surface area contributed by atoms with E-state index in [0.29, 0.717) is 11.6 Å². The molecule has 1 aliphatic heterocycles. The zero-order chi connectivity index (χ0) is 17.1. The first-order chi connectivity index (χ1) is 11.5. The lowest BCUT2D eigenvalue weighted by Gasteiger charge is -2.16. The minimum Gasteiger partial charge on any atom is -0.488 e. The van der Waals surface area contributed by atoms with Crippen LogP contribution in [0.5, 0.6) is 5.75 Å². The summed E-state index contributed by atoms with van der Waals surface area (Å²) >= 11 is 5.97. The summed E-state index contributed by atoms with van der Waals surface area (Å²) in [7, 11) is 0. The predicted octanol–water partition coefficient (Wildman–Crippen LogP) is 4.76. The van der Waals surface area contributed by atoms with E-state index < -0.39 is 11.7 Å². The average molecular weight is 344 g/mol. The molecule has 5 heteroatoms. The van der Waals surface area contributed by atoms with E-state index >= 15 is 0 Å². The van der Waals surface area contributed by atoms with Crippen LogP contribution in [0.2, 0.25) is 5.02 Å². The molecule has 1 amide bonds. The number of ether oxygens (including phenoxy) is 1. The number of anilines is 1. The summed E-state index contributed by atoms with van der Waals surface area (Å²) in [6.07, 6.45) is 4.90. The van der Waals surface area contributed by atoms with Crippen LogP contribution in [0.4, 0.5) is 10.1 Å². The Kier molecular flexibility index (Phi) is 4.67. The van der Waals surface area contributed by atoms with Crippen LogP contribution in [0.3, 0.4) is 0 Å². The molecular weight excluding hydrogens is 329 g/mol. The highest BCUT2D eigenvalue weighted by Crippen LogP contribution is 2.29. The number of hydrogen-bond donors (Lipinski definition) is 1. The number of halogens is 2. The second-order valence-corrected chi connectivity index (χ2v) is 5.93. The molecule has 3 rings (SSSR count). The first kappa shape index (κ1) is 16.3. The Morgan fingerprint density at radius 2 is 2.12 bits per heavy atom. The van der Waals surface area contributed by atoms with E-state index in [1.165, 1.54) is 18.2 Å². The van der Waals surface area contributed by atoms with Crippen molar-refractivity contribution in [2.45, 2.75) is 6.92 Å². The number of fused-ring (bicyclic) bond motifs is 1. The molecule has 2 aromatic rings. The van der Waals surface area contributed by atoms with Crippen molar-refractivity contribution >= 4 is 29.3 Å². The SMILES string of the molecule is Cc1ccc(NC(=O)/C=C/C2=Cc3cc(Cl)ccc3OC2)c(F)c1. The van der Waals surface area contributed by atoms with Crippen LogP contribution in [-0.4, -0.2) is 12.5 Å². The van der Waals surface area contributed by atoms with Gasteiger partial charge in [0.05, 0.1) is 5.69 Å². The van der Waals surface area contributed by atoms with Crippen molar-refractivity contribution in [2.24, 2.45) is 0 Å². The third-order valence-electron chi connectivity index (χ3n) is 3.54. The molecule has 0 radical (unpaired) electrons. The molecule has 0 saturated heterocycles. The second-order valence-electron chi connectivity index (χ2n) is 5.50. The summed E-state index contributed by atoms with van der Waals surface area (Å²) in [5.74, 6) is -0.112. The lowest BCUT2D eigenvalue weighted by molar-refractivity contribution is -0.111. The number of carbonyl (C=O) groups is 1. The summed E-state index contributed by atoms with van der Waals surface area (Å²) in [4.78, 5) is 11.9. The van der Waals surface area contributed by atoms with Gasteiger partial charge in [0.1, 0.15) is 18.2 Å². The van der Waals surface area contributed by atoms with Gasteiger partial charge in [0, 0.05) is 16.7 Å². The maximum atomic E-state index is 13.7. The van der Waals surface area contributed by atoms with Crippen LogP contribution in [0.25, 0.3) is 6.08 Å². The second kappa shape index (κ2) is 6.89. The van der Waals surface area contributed by atoms with Crippen molar-refractivity contribution in [3.8, 4) is 5.75 Å². The summed E-state index contributed by atoms with van der Waals surface area (Å²) in [6.45, 7) is 2.14. The molecule has 3 nitrogen and oxygen atoms in total. The minimum absolute atomic E-state index is 0.154. The molecule has 0 saturated carbocycles. The third kappa shape index (κ3) is 3.84. The van der Waals surface area contributed by atoms with Gasteiger partial charge in [-0.1, -0.05) is 23.7 Å². The quantitative estimate of drug-likeness (QED) is 0.816. The van der Waals surface area contributed by atoms with Gasteiger partial charge in [0.15, 0.2) is 0 Å². The van der Waals surface area contributed by atoms with Crippen LogP contribution in [0.15, 0.2) is 54.1 Å². The molecule has 1 heterocycles. The fraction of sp³-hybridized carbons (Fsp3) is 0.105. The van der Waals surface area contributed by atoms with Crippen molar-refractivity contribution in [3.05, 3.63) is 76.1 Å². The Morgan fingerprint density at radius 1 is 1.29 bits per heavy atom. The highest BCUT2D eigenvalue weighted by Gasteiger charge is 2.10. The lowest BCUT2D eigenvalue weighted by atomic mass is 10.1. The molecule has 0 atom stereocenters. The monoisotopic (exact) mass is 343 g/mol. The number of aryl methyl sites for hydroxylation is 1. The van der Waals surface area contributed by atoms with E-state index in [2.05, 4.69) is 5.32 Å². The van der Waals surface area contributed by atoms with E-state index in [1.54, 1.807) is 31.2 Å². The zero-order valence-corrected chi connectivity index (χ0v) is 13.7. The molecule has 2 aromatic carbocycles. The van der Waals surface area contributed by atoms with Gasteiger partial charge in [0.2, 0.25) is 5.91 Å². The molecule has 0 aliphatic carbocycles. The highest BCUT2D eigenvalue weighted by atomic mass is 35.5. The minimum atomic E-state index is -0.458. The van der Waals surface area contributed by atoms with Crippen molar-refractivity contribution in [2.75, 3.05) is 11.9 Å². The number of amides is 1. The number of rotatable bonds is 3. The van der Waals surface area contributed by atoms with Crippen LogP contribution in [0, 0.1) is 12.7 Å². The number of hydrogen-bond acceptors (Lipinski definition) is 2. The van der Waals surface area contributed by atoms with Crippen LogP contribution >= 0.6 is 11.6 Å². The van der Waals surface area contributed by atoms with Crippen LogP contribution < -0.4 is 10.1 Å². The van der Waals surface area contributed by atoms with Gasteiger partial charge < -0.3 is 10.1 Å². The highest BCUT2D eigenvalue weighted by molar-refractivity contribution is 6.30. The Labute approximate surface area is 144 Å². The largest absolute Gasteiger partial charge is 0.488 e. The number of nitrogens with one attached hydrogen (secondary N) is 1. The standard InChI is InChI=1S/C19H15ClFNO2/c1-12-2-5-17(16(21)8-12)22-19(23)7-3-13-9-14-10-15(20)4-6-18(14)24-11-13/h2-10H,11H2,1H3,(H,22,23)/b7-3+. The first-order valence-corrected chi connectivity index (χ1v) is 7.77. The maximum Gasteiger partial charge on any atom is 0.248 e. The molecule has 0 bridgehead atoms. The molecule has 24 heavy (non-hydrogen) atoms. The number of carbonyl (C=O) groups excluding carboxylic acids is 1. The summed E-state index contributed by atoms with van der Waals surface area (Å²) in [5, 5.41) is 3.13. The molecular formula is C19H15ClFNO2. The van der Waals surface area contributed by atoms with Gasteiger partial charge in [-0.3, -0.25) is 4.79 Å². The fourth-order valence-electron chi connectivity index (χ4n) is 2.34. The third-order valence-corrected chi connectivity index (χ3v) is 3.77. The van der Waals surface area contributed by atoms with E-state index in [4.69, 9.17) is 16.3 Å². The Morgan fingerprint density at radius 3 is 2.92 bits per heavy atom. The van der Waals surface area contributed by atoms with Gasteiger partial charge in [0.25, 0.3) is 0 Å². The predicted molar refractivity (Wildman–Crippen MR) is 93.8 cm³/mol. The lowest BCUT2D eigenvalue weighted by Crippen LogP contribution is -2.10. The van der Waals surface area contributed by atoms with Crippen molar-refractivity contribution < 1.29 is 13.9 Å². The molecule has 0 fully saturated rings. The van der Waals surface area contributed by atoms with E-state index in [9.17, 15) is 9.18 Å². The van der Waals surface area contributed by atoms with Crippen LogP contribution in [0.1, 0.15) is 11.1 Å². The smallest absolute Gasteiger partial charge is 0.248 e. The maximum absolute atomic E-state index is 13.7. The van der Waals surface area contributed by atoms with E-state index in [0.717, 1.165) is 22.4 Å². The molecule has 0 unspecified atom stereocenters. The number of benzene rings is 2. The fourth-order valence-corrected chi connectivity index (χ4v) is 2.52. The molecule has 0 spiro atoms. The Bertz CT molecular complexity index is 858. The van der Waals surface area contributed by atoms with Gasteiger partial charge in [-0.05, 0) is 54.5 Å². The average Bonchev–Trinajstić information content (AvgIpc) is 2.55. The molecule has 122 valence electrons. The normalized spacial score (nSPS) is 13.2. The molecule has 1 aliphatic rings. The summed E-state index contributed by atoms with van der Waals surface area (Å²) in [5.41, 5.74) is 2.63. The van der Waals surface area contributed by atoms with Crippen molar-refractivity contribution in [1.82, 2.24) is 0 Å².